The zero-order valence-corrected chi connectivity index (χ0v) is 19.3. The Morgan fingerprint density at radius 3 is 2.72 bits per heavy atom. The van der Waals surface area contributed by atoms with Crippen molar-refractivity contribution in [3.05, 3.63) is 88.5 Å². The lowest BCUT2D eigenvalue weighted by molar-refractivity contribution is -0.117. The number of amides is 1. The molecule has 0 radical (unpaired) electrons. The van der Waals surface area contributed by atoms with E-state index in [1.54, 1.807) is 30.3 Å². The fraction of sp³-hybridized carbons (Fsp3) is 0.120. The maximum Gasteiger partial charge on any atom is 0.350 e. The SMILES string of the molecule is COC(=O)c1ccccc1NC(=O)Cn1nc2c(-c3nc(-c4cccc(C)c4)no3)cccn2c1=O. The number of nitrogens with one attached hydrogen (secondary N) is 1. The third kappa shape index (κ3) is 4.25. The molecule has 36 heavy (non-hydrogen) atoms. The van der Waals surface area contributed by atoms with E-state index >= 15 is 0 Å². The van der Waals surface area contributed by atoms with Crippen molar-refractivity contribution < 1.29 is 18.8 Å². The molecule has 5 aromatic rings. The molecule has 0 aliphatic carbocycles. The molecular weight excluding hydrogens is 464 g/mol. The van der Waals surface area contributed by atoms with Crippen LogP contribution in [-0.2, 0) is 16.1 Å². The highest BCUT2D eigenvalue weighted by atomic mass is 16.5. The van der Waals surface area contributed by atoms with Gasteiger partial charge in [-0.2, -0.15) is 4.98 Å². The van der Waals surface area contributed by atoms with E-state index in [2.05, 4.69) is 20.6 Å². The molecule has 5 rings (SSSR count). The summed E-state index contributed by atoms with van der Waals surface area (Å²) in [5.74, 6) is -0.546. The Balaban J connectivity index is 1.44. The number of carbonyl (C=O) groups is 2. The van der Waals surface area contributed by atoms with Gasteiger partial charge in [-0.1, -0.05) is 41.1 Å². The van der Waals surface area contributed by atoms with Gasteiger partial charge in [-0.15, -0.1) is 5.10 Å². The van der Waals surface area contributed by atoms with Crippen LogP contribution in [0.3, 0.4) is 0 Å². The lowest BCUT2D eigenvalue weighted by atomic mass is 10.1. The van der Waals surface area contributed by atoms with E-state index in [-0.39, 0.29) is 29.3 Å². The van der Waals surface area contributed by atoms with E-state index < -0.39 is 17.6 Å². The molecule has 11 nitrogen and oxygen atoms in total. The summed E-state index contributed by atoms with van der Waals surface area (Å²) in [4.78, 5) is 42.1. The number of benzene rings is 2. The Morgan fingerprint density at radius 1 is 1.08 bits per heavy atom. The second-order valence-corrected chi connectivity index (χ2v) is 7.93. The lowest BCUT2D eigenvalue weighted by Crippen LogP contribution is -2.28. The summed E-state index contributed by atoms with van der Waals surface area (Å²) >= 11 is 0. The van der Waals surface area contributed by atoms with Gasteiger partial charge in [0.2, 0.25) is 11.7 Å². The maximum atomic E-state index is 12.9. The van der Waals surface area contributed by atoms with Crippen molar-refractivity contribution in [2.75, 3.05) is 12.4 Å². The van der Waals surface area contributed by atoms with Crippen LogP contribution in [0.4, 0.5) is 5.69 Å². The molecule has 2 aromatic carbocycles. The summed E-state index contributed by atoms with van der Waals surface area (Å²) < 4.78 is 12.5. The van der Waals surface area contributed by atoms with E-state index in [1.165, 1.54) is 23.8 Å². The highest BCUT2D eigenvalue weighted by Gasteiger charge is 2.19. The van der Waals surface area contributed by atoms with Crippen LogP contribution >= 0.6 is 0 Å². The number of esters is 1. The van der Waals surface area contributed by atoms with Gasteiger partial charge < -0.3 is 14.6 Å². The van der Waals surface area contributed by atoms with Crippen molar-refractivity contribution in [3.63, 3.8) is 0 Å². The molecule has 1 amide bonds. The van der Waals surface area contributed by atoms with Crippen molar-refractivity contribution in [2.24, 2.45) is 0 Å². The predicted octanol–water partition coefficient (Wildman–Crippen LogP) is 2.95. The van der Waals surface area contributed by atoms with Gasteiger partial charge in [0.25, 0.3) is 5.89 Å². The van der Waals surface area contributed by atoms with Gasteiger partial charge in [0, 0.05) is 11.8 Å². The van der Waals surface area contributed by atoms with Crippen molar-refractivity contribution in [1.29, 1.82) is 0 Å². The Bertz CT molecular complexity index is 1670. The van der Waals surface area contributed by atoms with Crippen LogP contribution < -0.4 is 11.0 Å². The second-order valence-electron chi connectivity index (χ2n) is 7.93. The molecule has 3 heterocycles. The number of aryl methyl sites for hydroxylation is 1. The molecule has 3 aromatic heterocycles. The number of aromatic nitrogens is 5. The fourth-order valence-corrected chi connectivity index (χ4v) is 3.75. The largest absolute Gasteiger partial charge is 0.465 e. The summed E-state index contributed by atoms with van der Waals surface area (Å²) in [5, 5.41) is 11.0. The van der Waals surface area contributed by atoms with Crippen molar-refractivity contribution >= 4 is 23.2 Å². The average Bonchev–Trinajstić information content (AvgIpc) is 3.49. The summed E-state index contributed by atoms with van der Waals surface area (Å²) in [6.07, 6.45) is 1.53. The molecule has 0 bridgehead atoms. The number of hydrogen-bond donors (Lipinski definition) is 1. The predicted molar refractivity (Wildman–Crippen MR) is 129 cm³/mol. The van der Waals surface area contributed by atoms with Gasteiger partial charge in [-0.05, 0) is 37.3 Å². The molecule has 0 atom stereocenters. The zero-order valence-electron chi connectivity index (χ0n) is 19.3. The molecule has 0 fully saturated rings. The fourth-order valence-electron chi connectivity index (χ4n) is 3.75. The molecule has 11 heteroatoms. The number of pyridine rings is 1. The minimum atomic E-state index is -0.593. The number of ether oxygens (including phenoxy) is 1. The first-order valence-electron chi connectivity index (χ1n) is 10.9. The first-order valence-corrected chi connectivity index (χ1v) is 10.9. The zero-order chi connectivity index (χ0) is 25.2. The number of anilines is 1. The number of para-hydroxylation sites is 1. The quantitative estimate of drug-likeness (QED) is 0.364. The van der Waals surface area contributed by atoms with E-state index in [0.717, 1.165) is 15.8 Å². The summed E-state index contributed by atoms with van der Waals surface area (Å²) in [7, 11) is 1.25. The summed E-state index contributed by atoms with van der Waals surface area (Å²) in [6.45, 7) is 1.59. The third-order valence-corrected chi connectivity index (χ3v) is 5.44. The van der Waals surface area contributed by atoms with Gasteiger partial charge in [-0.3, -0.25) is 4.79 Å². The number of nitrogens with zero attached hydrogens (tertiary/aromatic N) is 5. The maximum absolute atomic E-state index is 12.9. The molecule has 0 saturated carbocycles. The Labute approximate surface area is 203 Å². The van der Waals surface area contributed by atoms with Crippen LogP contribution in [0.5, 0.6) is 0 Å². The molecule has 0 spiro atoms. The summed E-state index contributed by atoms with van der Waals surface area (Å²) in [5.41, 5.74) is 2.48. The lowest BCUT2D eigenvalue weighted by Gasteiger charge is -2.09. The highest BCUT2D eigenvalue weighted by molar-refractivity contribution is 6.01. The van der Waals surface area contributed by atoms with E-state index in [1.807, 2.05) is 31.2 Å². The smallest absolute Gasteiger partial charge is 0.350 e. The normalized spacial score (nSPS) is 10.9. The number of fused-ring (bicyclic) bond motifs is 1. The van der Waals surface area contributed by atoms with Gasteiger partial charge in [-0.25, -0.2) is 18.7 Å². The molecule has 0 saturated heterocycles. The number of hydrogen-bond acceptors (Lipinski definition) is 8. The van der Waals surface area contributed by atoms with Crippen LogP contribution in [0.2, 0.25) is 0 Å². The van der Waals surface area contributed by atoms with E-state index in [4.69, 9.17) is 9.26 Å². The number of carbonyl (C=O) groups excluding carboxylic acids is 2. The molecule has 0 aliphatic rings. The average molecular weight is 484 g/mol. The second kappa shape index (κ2) is 9.29. The monoisotopic (exact) mass is 484 g/mol. The Morgan fingerprint density at radius 2 is 1.92 bits per heavy atom. The first-order chi connectivity index (χ1) is 17.4. The third-order valence-electron chi connectivity index (χ3n) is 5.44. The van der Waals surface area contributed by atoms with Gasteiger partial charge in [0.15, 0.2) is 5.65 Å². The summed E-state index contributed by atoms with van der Waals surface area (Å²) in [6, 6.07) is 17.4. The Kier molecular flexibility index (Phi) is 5.87. The van der Waals surface area contributed by atoms with Crippen LogP contribution in [0, 0.1) is 6.92 Å². The molecule has 180 valence electrons. The minimum Gasteiger partial charge on any atom is -0.465 e. The topological polar surface area (TPSA) is 134 Å². The number of rotatable bonds is 6. The molecule has 0 aliphatic heterocycles. The van der Waals surface area contributed by atoms with Gasteiger partial charge in [0.1, 0.15) is 6.54 Å². The Hall–Kier alpha value is -5.06. The molecular formula is C25H20N6O5. The molecule has 1 N–H and O–H groups in total. The standard InChI is InChI=1S/C25H20N6O5/c1-15-7-5-8-16(13-15)21-27-23(36-29-21)18-10-6-12-30-22(18)28-31(25(30)34)14-20(32)26-19-11-4-3-9-17(19)24(33)35-2/h3-13H,14H2,1-2H3,(H,26,32). The highest BCUT2D eigenvalue weighted by Crippen LogP contribution is 2.25. The van der Waals surface area contributed by atoms with Crippen LogP contribution in [0.1, 0.15) is 15.9 Å². The van der Waals surface area contributed by atoms with Crippen molar-refractivity contribution in [2.45, 2.75) is 13.5 Å². The van der Waals surface area contributed by atoms with Gasteiger partial charge >= 0.3 is 11.7 Å². The van der Waals surface area contributed by atoms with Crippen LogP contribution in [0.25, 0.3) is 28.5 Å². The van der Waals surface area contributed by atoms with Gasteiger partial charge in [0.05, 0.1) is 23.9 Å². The van der Waals surface area contributed by atoms with Crippen LogP contribution in [-0.4, -0.2) is 43.3 Å². The molecule has 0 unspecified atom stereocenters. The van der Waals surface area contributed by atoms with Crippen molar-refractivity contribution in [3.8, 4) is 22.8 Å². The van der Waals surface area contributed by atoms with E-state index in [9.17, 15) is 14.4 Å². The minimum absolute atomic E-state index is 0.186. The number of methoxy groups -OCH3 is 1. The van der Waals surface area contributed by atoms with E-state index in [0.29, 0.717) is 11.4 Å². The first kappa shape index (κ1) is 22.7. The van der Waals surface area contributed by atoms with Crippen molar-refractivity contribution in [1.82, 2.24) is 24.3 Å². The van der Waals surface area contributed by atoms with Crippen LogP contribution in [0.15, 0.2) is 76.2 Å².